The quantitative estimate of drug-likeness (QED) is 0.328. The zero-order chi connectivity index (χ0) is 22.6. The molecule has 6 rings (SSSR count). The monoisotopic (exact) mass is 476 g/mol. The van der Waals surface area contributed by atoms with Crippen LogP contribution in [0.25, 0.3) is 46.4 Å². The summed E-state index contributed by atoms with van der Waals surface area (Å²) in [5, 5.41) is 0. The standard InChI is InChI=1S/C20H14N4.C7H7O.Co/c1-2-14-10-16-5-6-18(23-16)12-20-8-7-19(24-20)11-17-4-3-15(22-17)9-13(1)21-14;1-8-7-5-3-2-4-6-7;/h1-12,21,24H;3-6H,1H3;. The molecule has 5 heterocycles. The molecule has 0 atom stereocenters. The molecule has 0 aliphatic carbocycles. The van der Waals surface area contributed by atoms with Gasteiger partial charge < -0.3 is 9.97 Å². The molecule has 33 heavy (non-hydrogen) atoms. The number of ether oxygens (including phenoxy) is 1. The van der Waals surface area contributed by atoms with Crippen LogP contribution in [0.1, 0.15) is 22.8 Å². The number of aromatic nitrogens is 4. The fourth-order valence-corrected chi connectivity index (χ4v) is 3.68. The number of hydrogen-bond donors (Lipinski definition) is 2. The van der Waals surface area contributed by atoms with Crippen molar-refractivity contribution in [1.82, 2.24) is 19.9 Å². The average molecular weight is 476 g/mol. The van der Waals surface area contributed by atoms with E-state index in [0.29, 0.717) is 0 Å². The second kappa shape index (κ2) is 9.32. The van der Waals surface area contributed by atoms with E-state index in [4.69, 9.17) is 4.74 Å². The van der Waals surface area contributed by atoms with Gasteiger partial charge in [-0.15, -0.1) is 0 Å². The fourth-order valence-electron chi connectivity index (χ4n) is 3.51. The summed E-state index contributed by atoms with van der Waals surface area (Å²) in [6.07, 6.45) is 8.09. The summed E-state index contributed by atoms with van der Waals surface area (Å²) in [4.78, 5) is 16.0. The first-order chi connectivity index (χ1) is 16.1. The molecule has 0 amide bonds. The normalized spacial score (nSPS) is 11.7. The maximum absolute atomic E-state index is 4.93. The molecule has 0 saturated heterocycles. The number of H-pyrrole nitrogens is 2. The molecule has 5 nitrogen and oxygen atoms in total. The van der Waals surface area contributed by atoms with E-state index in [-0.39, 0.29) is 0 Å². The third-order valence-corrected chi connectivity index (χ3v) is 5.42. The van der Waals surface area contributed by atoms with Crippen LogP contribution in [0.15, 0.2) is 72.8 Å². The Balaban J connectivity index is 0.000000215. The maximum atomic E-state index is 4.93. The zero-order valence-corrected chi connectivity index (χ0v) is 18.9. The van der Waals surface area contributed by atoms with E-state index in [2.05, 4.69) is 59.9 Å². The van der Waals surface area contributed by atoms with Crippen LogP contribution in [0.2, 0.25) is 0 Å². The first kappa shape index (κ1) is 21.0. The van der Waals surface area contributed by atoms with E-state index in [1.807, 2.05) is 72.8 Å². The number of aromatic amines is 2. The van der Waals surface area contributed by atoms with Gasteiger partial charge in [0, 0.05) is 22.1 Å². The van der Waals surface area contributed by atoms with Gasteiger partial charge >= 0.3 is 62.1 Å². The molecule has 8 bridgehead atoms. The first-order valence-corrected chi connectivity index (χ1v) is 11.0. The molecule has 2 N–H and O–H groups in total. The summed E-state index contributed by atoms with van der Waals surface area (Å²) in [6.45, 7) is 0. The van der Waals surface area contributed by atoms with Crippen molar-refractivity contribution < 1.29 is 20.5 Å². The molecule has 1 aromatic carbocycles. The third kappa shape index (κ3) is 5.31. The van der Waals surface area contributed by atoms with Gasteiger partial charge in [-0.25, -0.2) is 9.97 Å². The molecule has 4 aromatic rings. The molecule has 0 spiro atoms. The van der Waals surface area contributed by atoms with Gasteiger partial charge in [0.05, 0.1) is 22.8 Å². The molecule has 3 aromatic heterocycles. The van der Waals surface area contributed by atoms with Gasteiger partial charge in [0.1, 0.15) is 0 Å². The number of rotatable bonds is 1. The Morgan fingerprint density at radius 2 is 0.939 bits per heavy atom. The van der Waals surface area contributed by atoms with Crippen molar-refractivity contribution in [2.24, 2.45) is 0 Å². The van der Waals surface area contributed by atoms with Gasteiger partial charge in [0.15, 0.2) is 0 Å². The molecular weight excluding hydrogens is 455 g/mol. The van der Waals surface area contributed by atoms with Gasteiger partial charge in [0.2, 0.25) is 0 Å². The van der Waals surface area contributed by atoms with Crippen molar-refractivity contribution in [3.05, 3.63) is 95.6 Å². The van der Waals surface area contributed by atoms with E-state index < -0.39 is 0 Å². The fraction of sp³-hybridized carbons (Fsp3) is 0.0370. The van der Waals surface area contributed by atoms with Crippen molar-refractivity contribution in [2.45, 2.75) is 0 Å². The number of nitrogens with zero attached hydrogens (tertiary/aromatic N) is 2. The first-order valence-electron chi connectivity index (χ1n) is 10.4. The molecule has 0 radical (unpaired) electrons. The minimum absolute atomic E-state index is 0.867. The minimum atomic E-state index is 0.867. The van der Waals surface area contributed by atoms with Gasteiger partial charge in [-0.05, 0) is 72.8 Å². The summed E-state index contributed by atoms with van der Waals surface area (Å²) in [6, 6.07) is 23.9. The zero-order valence-electron chi connectivity index (χ0n) is 17.9. The molecule has 0 fully saturated rings. The molecule has 0 saturated carbocycles. The topological polar surface area (TPSA) is 66.6 Å². The second-order valence-electron chi connectivity index (χ2n) is 7.54. The van der Waals surface area contributed by atoms with Crippen LogP contribution in [0.3, 0.4) is 0 Å². The number of benzene rings is 1. The van der Waals surface area contributed by atoms with Crippen molar-refractivity contribution in [2.75, 3.05) is 7.11 Å². The van der Waals surface area contributed by atoms with Crippen LogP contribution in [0, 0.1) is 0 Å². The molecule has 164 valence electrons. The molecular formula is C27H21CoN4O. The predicted molar refractivity (Wildman–Crippen MR) is 131 cm³/mol. The third-order valence-electron chi connectivity index (χ3n) is 5.08. The van der Waals surface area contributed by atoms with Gasteiger partial charge in [0.25, 0.3) is 0 Å². The number of methoxy groups -OCH3 is 1. The SMILES string of the molecule is C1=Cc2cc3ccc(cc4nc(cc5ccc(cc1n2)[nH]5)C=C4)[nH]3.COc1cc[c]([Co])cc1. The van der Waals surface area contributed by atoms with Gasteiger partial charge in [-0.3, -0.25) is 0 Å². The Labute approximate surface area is 199 Å². The number of nitrogens with one attached hydrogen (secondary N) is 2. The average Bonchev–Trinajstić information content (AvgIpc) is 3.61. The van der Waals surface area contributed by atoms with Crippen molar-refractivity contribution >= 4 is 50.9 Å². The molecule has 2 aliphatic rings. The Kier molecular flexibility index (Phi) is 5.93. The van der Waals surface area contributed by atoms with E-state index in [0.717, 1.165) is 55.1 Å². The van der Waals surface area contributed by atoms with E-state index in [1.165, 1.54) is 0 Å². The number of hydrogen-bond acceptors (Lipinski definition) is 3. The molecule has 0 unspecified atom stereocenters. The van der Waals surface area contributed by atoms with Crippen molar-refractivity contribution in [3.8, 4) is 5.75 Å². The summed E-state index contributed by atoms with van der Waals surface area (Å²) in [7, 11) is 1.65. The van der Waals surface area contributed by atoms with E-state index >= 15 is 0 Å². The van der Waals surface area contributed by atoms with Gasteiger partial charge in [-0.2, -0.15) is 0 Å². The van der Waals surface area contributed by atoms with Crippen LogP contribution in [-0.4, -0.2) is 27.0 Å². The van der Waals surface area contributed by atoms with Gasteiger partial charge in [-0.1, -0.05) is 0 Å². The van der Waals surface area contributed by atoms with Crippen molar-refractivity contribution in [3.63, 3.8) is 0 Å². The van der Waals surface area contributed by atoms with Crippen molar-refractivity contribution in [1.29, 1.82) is 0 Å². The molecule has 2 aliphatic heterocycles. The Hall–Kier alpha value is -3.87. The number of fused-ring (bicyclic) bond motifs is 8. The Morgan fingerprint density at radius 1 is 0.576 bits per heavy atom. The van der Waals surface area contributed by atoms with Crippen LogP contribution in [0.5, 0.6) is 5.75 Å². The summed E-state index contributed by atoms with van der Waals surface area (Å²) < 4.78 is 5.88. The van der Waals surface area contributed by atoms with Crippen LogP contribution in [-0.2, 0) is 15.7 Å². The summed E-state index contributed by atoms with van der Waals surface area (Å²) >= 11 is 4.16. The van der Waals surface area contributed by atoms with E-state index in [9.17, 15) is 0 Å². The second-order valence-corrected chi connectivity index (χ2v) is 8.14. The summed E-state index contributed by atoms with van der Waals surface area (Å²) in [5.41, 5.74) is 7.86. The van der Waals surface area contributed by atoms with Crippen LogP contribution < -0.4 is 9.23 Å². The summed E-state index contributed by atoms with van der Waals surface area (Å²) in [5.74, 6) is 0.867. The van der Waals surface area contributed by atoms with Crippen LogP contribution >= 0.6 is 0 Å². The Bertz CT molecular complexity index is 1340. The molecule has 6 heteroatoms. The van der Waals surface area contributed by atoms with E-state index in [1.54, 1.807) is 7.11 Å². The predicted octanol–water partition coefficient (Wildman–Crippen LogP) is 5.52. The Morgan fingerprint density at radius 3 is 1.27 bits per heavy atom. The van der Waals surface area contributed by atoms with Crippen LogP contribution in [0.4, 0.5) is 0 Å².